The summed E-state index contributed by atoms with van der Waals surface area (Å²) in [6.45, 7) is 1.57. The normalized spacial score (nSPS) is 11.9. The van der Waals surface area contributed by atoms with Crippen LogP contribution in [0.3, 0.4) is 0 Å². The minimum Gasteiger partial charge on any atom is -0.484 e. The number of carbonyl (C=O) groups is 1. The maximum Gasteiger partial charge on any atom is 0.258 e. The van der Waals surface area contributed by atoms with Crippen LogP contribution in [0.5, 0.6) is 5.75 Å². The fourth-order valence-electron chi connectivity index (χ4n) is 1.48. The number of amides is 1. The number of nitrogens with zero attached hydrogens (tertiary/aromatic N) is 2. The van der Waals surface area contributed by atoms with E-state index in [9.17, 15) is 9.18 Å². The van der Waals surface area contributed by atoms with Gasteiger partial charge in [0, 0.05) is 6.07 Å². The average molecular weight is 264 g/mol. The number of hydrogen-bond donors (Lipinski definition) is 2. The van der Waals surface area contributed by atoms with Crippen LogP contribution >= 0.6 is 0 Å². The van der Waals surface area contributed by atoms with Crippen LogP contribution in [0.25, 0.3) is 0 Å². The topological polar surface area (TPSA) is 79.9 Å². The molecule has 2 aromatic rings. The highest BCUT2D eigenvalue weighted by molar-refractivity contribution is 5.77. The molecule has 1 heterocycles. The van der Waals surface area contributed by atoms with Gasteiger partial charge < -0.3 is 10.1 Å². The van der Waals surface area contributed by atoms with Gasteiger partial charge in [-0.3, -0.25) is 9.89 Å². The lowest BCUT2D eigenvalue weighted by molar-refractivity contribution is -0.123. The predicted molar refractivity (Wildman–Crippen MR) is 64.8 cm³/mol. The Bertz CT molecular complexity index is 544. The van der Waals surface area contributed by atoms with E-state index in [4.69, 9.17) is 4.74 Å². The van der Waals surface area contributed by atoms with Crippen LogP contribution < -0.4 is 10.1 Å². The van der Waals surface area contributed by atoms with Crippen molar-refractivity contribution in [2.45, 2.75) is 13.0 Å². The molecule has 0 aliphatic rings. The predicted octanol–water partition coefficient (Wildman–Crippen LogP) is 1.20. The molecule has 1 unspecified atom stereocenters. The summed E-state index contributed by atoms with van der Waals surface area (Å²) in [7, 11) is 0. The molecule has 1 aromatic carbocycles. The van der Waals surface area contributed by atoms with Crippen LogP contribution in [0.2, 0.25) is 0 Å². The van der Waals surface area contributed by atoms with E-state index >= 15 is 0 Å². The number of H-pyrrole nitrogens is 1. The van der Waals surface area contributed by atoms with Crippen LogP contribution in [0.1, 0.15) is 18.8 Å². The molecule has 0 bridgehead atoms. The van der Waals surface area contributed by atoms with Crippen molar-refractivity contribution in [1.29, 1.82) is 0 Å². The molecule has 1 atom stereocenters. The number of ether oxygens (including phenoxy) is 1. The zero-order valence-electron chi connectivity index (χ0n) is 10.3. The Morgan fingerprint density at radius 3 is 3.11 bits per heavy atom. The van der Waals surface area contributed by atoms with Crippen LogP contribution in [0.15, 0.2) is 30.6 Å². The molecule has 6 nitrogen and oxygen atoms in total. The standard InChI is InChI=1S/C12H13FN4O2/c1-8(12-14-7-15-17-12)16-11(18)6-19-10-4-2-3-9(13)5-10/h2-5,7-8H,6H2,1H3,(H,16,18)(H,14,15,17). The SMILES string of the molecule is CC(NC(=O)COc1cccc(F)c1)c1ncn[nH]1. The lowest BCUT2D eigenvalue weighted by atomic mass is 10.3. The maximum absolute atomic E-state index is 12.9. The van der Waals surface area contributed by atoms with Gasteiger partial charge in [0.1, 0.15) is 23.7 Å². The van der Waals surface area contributed by atoms with Gasteiger partial charge in [-0.15, -0.1) is 0 Å². The van der Waals surface area contributed by atoms with Gasteiger partial charge in [-0.2, -0.15) is 5.10 Å². The van der Waals surface area contributed by atoms with E-state index in [1.807, 2.05) is 0 Å². The van der Waals surface area contributed by atoms with Gasteiger partial charge in [-0.05, 0) is 19.1 Å². The first-order valence-corrected chi connectivity index (χ1v) is 5.68. The number of aromatic amines is 1. The Kier molecular flexibility index (Phi) is 4.07. The summed E-state index contributed by atoms with van der Waals surface area (Å²) in [5.41, 5.74) is 0. The second kappa shape index (κ2) is 5.94. The van der Waals surface area contributed by atoms with Crippen LogP contribution in [-0.2, 0) is 4.79 Å². The number of rotatable bonds is 5. The smallest absolute Gasteiger partial charge is 0.258 e. The number of aromatic nitrogens is 3. The number of carbonyl (C=O) groups excluding carboxylic acids is 1. The molecule has 0 aliphatic heterocycles. The molecule has 1 aromatic heterocycles. The fourth-order valence-corrected chi connectivity index (χ4v) is 1.48. The van der Waals surface area contributed by atoms with Crippen LogP contribution in [0.4, 0.5) is 4.39 Å². The number of halogens is 1. The molecule has 2 N–H and O–H groups in total. The molecule has 2 rings (SSSR count). The zero-order chi connectivity index (χ0) is 13.7. The molecular formula is C12H13FN4O2. The lowest BCUT2D eigenvalue weighted by Gasteiger charge is -2.11. The highest BCUT2D eigenvalue weighted by Gasteiger charge is 2.12. The van der Waals surface area contributed by atoms with Gasteiger partial charge >= 0.3 is 0 Å². The molecule has 0 aliphatic carbocycles. The third-order valence-corrected chi connectivity index (χ3v) is 2.39. The van der Waals surface area contributed by atoms with E-state index < -0.39 is 5.82 Å². The molecule has 1 amide bonds. The van der Waals surface area contributed by atoms with Gasteiger partial charge in [0.15, 0.2) is 6.61 Å². The Labute approximate surface area is 109 Å². The van der Waals surface area contributed by atoms with Gasteiger partial charge in [0.25, 0.3) is 5.91 Å². The zero-order valence-corrected chi connectivity index (χ0v) is 10.3. The van der Waals surface area contributed by atoms with Crippen molar-refractivity contribution in [2.24, 2.45) is 0 Å². The molecule has 7 heteroatoms. The minimum atomic E-state index is -0.409. The van der Waals surface area contributed by atoms with Gasteiger partial charge in [-0.25, -0.2) is 9.37 Å². The largest absolute Gasteiger partial charge is 0.484 e. The molecule has 0 radical (unpaired) electrons. The van der Waals surface area contributed by atoms with Gasteiger partial charge in [0.2, 0.25) is 0 Å². The Hall–Kier alpha value is -2.44. The number of nitrogens with one attached hydrogen (secondary N) is 2. The van der Waals surface area contributed by atoms with Gasteiger partial charge in [-0.1, -0.05) is 6.07 Å². The molecule has 0 saturated carbocycles. The minimum absolute atomic E-state index is 0.193. The van der Waals surface area contributed by atoms with Gasteiger partial charge in [0.05, 0.1) is 6.04 Å². The van der Waals surface area contributed by atoms with Crippen molar-refractivity contribution in [2.75, 3.05) is 6.61 Å². The first kappa shape index (κ1) is 13.0. The monoisotopic (exact) mass is 264 g/mol. The Morgan fingerprint density at radius 1 is 1.58 bits per heavy atom. The third kappa shape index (κ3) is 3.77. The number of benzene rings is 1. The van der Waals surface area contributed by atoms with Crippen LogP contribution in [-0.4, -0.2) is 27.7 Å². The highest BCUT2D eigenvalue weighted by atomic mass is 19.1. The first-order valence-electron chi connectivity index (χ1n) is 5.68. The molecular weight excluding hydrogens is 251 g/mol. The second-order valence-electron chi connectivity index (χ2n) is 3.91. The molecule has 0 saturated heterocycles. The number of hydrogen-bond acceptors (Lipinski definition) is 4. The van der Waals surface area contributed by atoms with E-state index in [0.29, 0.717) is 11.6 Å². The van der Waals surface area contributed by atoms with Crippen molar-refractivity contribution < 1.29 is 13.9 Å². The summed E-state index contributed by atoms with van der Waals surface area (Å²) in [6.07, 6.45) is 1.36. The molecule has 0 fully saturated rings. The van der Waals surface area contributed by atoms with Crippen molar-refractivity contribution in [3.05, 3.63) is 42.2 Å². The van der Waals surface area contributed by atoms with Crippen molar-refractivity contribution in [3.8, 4) is 5.75 Å². The Balaban J connectivity index is 1.82. The molecule has 100 valence electrons. The maximum atomic E-state index is 12.9. The lowest BCUT2D eigenvalue weighted by Crippen LogP contribution is -2.31. The molecule has 19 heavy (non-hydrogen) atoms. The summed E-state index contributed by atoms with van der Waals surface area (Å²) in [5.74, 6) is 0.127. The van der Waals surface area contributed by atoms with Crippen LogP contribution in [0, 0.1) is 5.82 Å². The van der Waals surface area contributed by atoms with E-state index in [2.05, 4.69) is 20.5 Å². The summed E-state index contributed by atoms with van der Waals surface area (Å²) >= 11 is 0. The summed E-state index contributed by atoms with van der Waals surface area (Å²) in [4.78, 5) is 15.5. The quantitative estimate of drug-likeness (QED) is 0.850. The third-order valence-electron chi connectivity index (χ3n) is 2.39. The fraction of sp³-hybridized carbons (Fsp3) is 0.250. The highest BCUT2D eigenvalue weighted by Crippen LogP contribution is 2.11. The second-order valence-corrected chi connectivity index (χ2v) is 3.91. The summed E-state index contributed by atoms with van der Waals surface area (Å²) in [6, 6.07) is 5.31. The Morgan fingerprint density at radius 2 is 2.42 bits per heavy atom. The van der Waals surface area contributed by atoms with Crippen molar-refractivity contribution in [3.63, 3.8) is 0 Å². The summed E-state index contributed by atoms with van der Waals surface area (Å²) < 4.78 is 18.1. The first-order chi connectivity index (χ1) is 9.15. The van der Waals surface area contributed by atoms with Crippen molar-refractivity contribution in [1.82, 2.24) is 20.5 Å². The van der Waals surface area contributed by atoms with E-state index in [1.165, 1.54) is 24.5 Å². The van der Waals surface area contributed by atoms with E-state index in [1.54, 1.807) is 13.0 Å². The van der Waals surface area contributed by atoms with E-state index in [-0.39, 0.29) is 18.6 Å². The average Bonchev–Trinajstić information content (AvgIpc) is 2.90. The molecule has 0 spiro atoms. The van der Waals surface area contributed by atoms with Crippen molar-refractivity contribution >= 4 is 5.91 Å². The summed E-state index contributed by atoms with van der Waals surface area (Å²) in [5, 5.41) is 9.03. The van der Waals surface area contributed by atoms with E-state index in [0.717, 1.165) is 0 Å².